The molecule has 0 unspecified atom stereocenters. The van der Waals surface area contributed by atoms with Gasteiger partial charge in [0.2, 0.25) is 0 Å². The summed E-state index contributed by atoms with van der Waals surface area (Å²) in [7, 11) is 0. The molecule has 74 valence electrons. The minimum Gasteiger partial charge on any atom is -0.476 e. The lowest BCUT2D eigenvalue weighted by molar-refractivity contribution is 0.279. The van der Waals surface area contributed by atoms with Crippen LogP contribution in [-0.2, 0) is 0 Å². The van der Waals surface area contributed by atoms with E-state index < -0.39 is 11.9 Å². The van der Waals surface area contributed by atoms with E-state index in [9.17, 15) is 4.39 Å². The second kappa shape index (κ2) is 4.21. The minimum absolute atomic E-state index is 0.0198. The maximum atomic E-state index is 12.9. The highest BCUT2D eigenvalue weighted by Gasteiger charge is 2.09. The third-order valence-electron chi connectivity index (χ3n) is 1.59. The van der Waals surface area contributed by atoms with Gasteiger partial charge in [0.25, 0.3) is 0 Å². The standard InChI is InChI=1S/C10H9ClFNO/c1-3-6(2)14-10-5-9(13)8(12)4-7(10)11/h1,4-6H,13H2,2H3/t6-/m1/s1. The summed E-state index contributed by atoms with van der Waals surface area (Å²) < 4.78 is 18.1. The molecule has 1 aromatic rings. The monoisotopic (exact) mass is 213 g/mol. The SMILES string of the molecule is C#C[C@@H](C)Oc1cc(N)c(F)cc1Cl. The maximum Gasteiger partial charge on any atom is 0.156 e. The Kier molecular flexibility index (Phi) is 3.21. The molecule has 2 nitrogen and oxygen atoms in total. The summed E-state index contributed by atoms with van der Waals surface area (Å²) >= 11 is 5.71. The lowest BCUT2D eigenvalue weighted by Crippen LogP contribution is -2.09. The first-order valence-corrected chi connectivity index (χ1v) is 4.29. The molecule has 0 heterocycles. The predicted molar refractivity (Wildman–Crippen MR) is 54.7 cm³/mol. The van der Waals surface area contributed by atoms with Gasteiger partial charge in [0, 0.05) is 6.07 Å². The van der Waals surface area contributed by atoms with Gasteiger partial charge in [-0.15, -0.1) is 6.42 Å². The summed E-state index contributed by atoms with van der Waals surface area (Å²) in [5.74, 6) is 2.07. The number of nitrogens with two attached hydrogens (primary N) is 1. The van der Waals surface area contributed by atoms with Crippen molar-refractivity contribution in [2.75, 3.05) is 5.73 Å². The molecule has 2 N–H and O–H groups in total. The first-order valence-electron chi connectivity index (χ1n) is 3.92. The Morgan fingerprint density at radius 1 is 1.64 bits per heavy atom. The highest BCUT2D eigenvalue weighted by atomic mass is 35.5. The van der Waals surface area contributed by atoms with Crippen molar-refractivity contribution in [1.82, 2.24) is 0 Å². The zero-order chi connectivity index (χ0) is 10.7. The second-order valence-electron chi connectivity index (χ2n) is 2.73. The van der Waals surface area contributed by atoms with Crippen LogP contribution in [0, 0.1) is 18.2 Å². The number of ether oxygens (including phenoxy) is 1. The fraction of sp³-hybridized carbons (Fsp3) is 0.200. The van der Waals surface area contributed by atoms with Crippen molar-refractivity contribution in [3.8, 4) is 18.1 Å². The molecule has 0 aromatic heterocycles. The zero-order valence-corrected chi connectivity index (χ0v) is 8.31. The van der Waals surface area contributed by atoms with Gasteiger partial charge in [-0.1, -0.05) is 17.5 Å². The Bertz CT molecular complexity index is 386. The molecule has 4 heteroatoms. The number of hydrogen-bond donors (Lipinski definition) is 1. The summed E-state index contributed by atoms with van der Waals surface area (Å²) in [6.45, 7) is 1.68. The van der Waals surface area contributed by atoms with Crippen LogP contribution in [0.2, 0.25) is 5.02 Å². The van der Waals surface area contributed by atoms with E-state index >= 15 is 0 Å². The van der Waals surface area contributed by atoms with Gasteiger partial charge < -0.3 is 10.5 Å². The quantitative estimate of drug-likeness (QED) is 0.605. The minimum atomic E-state index is -0.573. The van der Waals surface area contributed by atoms with Crippen molar-refractivity contribution >= 4 is 17.3 Å². The average molecular weight is 214 g/mol. The number of nitrogen functional groups attached to an aromatic ring is 1. The van der Waals surface area contributed by atoms with Crippen molar-refractivity contribution in [3.05, 3.63) is 23.0 Å². The normalized spacial score (nSPS) is 11.9. The van der Waals surface area contributed by atoms with Gasteiger partial charge in [0.15, 0.2) is 6.10 Å². The van der Waals surface area contributed by atoms with Crippen LogP contribution in [0.1, 0.15) is 6.92 Å². The van der Waals surface area contributed by atoms with Gasteiger partial charge in [0.05, 0.1) is 10.7 Å². The Morgan fingerprint density at radius 2 is 2.29 bits per heavy atom. The molecule has 0 spiro atoms. The van der Waals surface area contributed by atoms with E-state index in [0.717, 1.165) is 6.07 Å². The molecule has 14 heavy (non-hydrogen) atoms. The second-order valence-corrected chi connectivity index (χ2v) is 3.14. The molecule has 0 aliphatic rings. The van der Waals surface area contributed by atoms with Crippen LogP contribution >= 0.6 is 11.6 Å². The first kappa shape index (κ1) is 10.7. The Balaban J connectivity index is 2.99. The van der Waals surface area contributed by atoms with E-state index in [0.29, 0.717) is 0 Å². The van der Waals surface area contributed by atoms with E-state index in [1.54, 1.807) is 6.92 Å². The van der Waals surface area contributed by atoms with Gasteiger partial charge in [0.1, 0.15) is 11.6 Å². The van der Waals surface area contributed by atoms with Crippen molar-refractivity contribution in [3.63, 3.8) is 0 Å². The Labute approximate surface area is 86.8 Å². The zero-order valence-electron chi connectivity index (χ0n) is 7.55. The summed E-state index contributed by atoms with van der Waals surface area (Å²) in [4.78, 5) is 0. The van der Waals surface area contributed by atoms with Gasteiger partial charge >= 0.3 is 0 Å². The van der Waals surface area contributed by atoms with Crippen molar-refractivity contribution < 1.29 is 9.13 Å². The van der Waals surface area contributed by atoms with Crippen molar-refractivity contribution in [2.45, 2.75) is 13.0 Å². The largest absolute Gasteiger partial charge is 0.476 e. The lowest BCUT2D eigenvalue weighted by atomic mass is 10.3. The molecule has 0 saturated heterocycles. The molecule has 1 atom stereocenters. The maximum absolute atomic E-state index is 12.9. The van der Waals surface area contributed by atoms with E-state index in [1.165, 1.54) is 6.07 Å². The van der Waals surface area contributed by atoms with Gasteiger partial charge in [-0.3, -0.25) is 0 Å². The average Bonchev–Trinajstić information content (AvgIpc) is 2.14. The Morgan fingerprint density at radius 3 is 2.86 bits per heavy atom. The van der Waals surface area contributed by atoms with Crippen LogP contribution < -0.4 is 10.5 Å². The van der Waals surface area contributed by atoms with E-state index in [2.05, 4.69) is 5.92 Å². The summed E-state index contributed by atoms with van der Waals surface area (Å²) in [6.07, 6.45) is 4.68. The number of halogens is 2. The highest BCUT2D eigenvalue weighted by Crippen LogP contribution is 2.29. The van der Waals surface area contributed by atoms with Gasteiger partial charge in [-0.25, -0.2) is 4.39 Å². The number of hydrogen-bond acceptors (Lipinski definition) is 2. The van der Waals surface area contributed by atoms with Crippen LogP contribution in [0.15, 0.2) is 12.1 Å². The molecule has 0 aliphatic carbocycles. The van der Waals surface area contributed by atoms with E-state index in [-0.39, 0.29) is 16.5 Å². The summed E-state index contributed by atoms with van der Waals surface area (Å²) in [5, 5.41) is 0.152. The van der Waals surface area contributed by atoms with Crippen LogP contribution in [0.25, 0.3) is 0 Å². The van der Waals surface area contributed by atoms with Crippen LogP contribution in [-0.4, -0.2) is 6.10 Å². The van der Waals surface area contributed by atoms with Crippen molar-refractivity contribution in [2.24, 2.45) is 0 Å². The Hall–Kier alpha value is -1.40. The molecule has 0 radical (unpaired) electrons. The van der Waals surface area contributed by atoms with Crippen LogP contribution in [0.4, 0.5) is 10.1 Å². The van der Waals surface area contributed by atoms with Gasteiger partial charge in [-0.2, -0.15) is 0 Å². The summed E-state index contributed by atoms with van der Waals surface area (Å²) in [5.41, 5.74) is 5.32. The number of anilines is 1. The fourth-order valence-corrected chi connectivity index (χ4v) is 1.05. The molecular formula is C10H9ClFNO. The molecule has 1 rings (SSSR count). The predicted octanol–water partition coefficient (Wildman–Crippen LogP) is 2.46. The molecule has 0 fully saturated rings. The fourth-order valence-electron chi connectivity index (χ4n) is 0.860. The van der Waals surface area contributed by atoms with Gasteiger partial charge in [-0.05, 0) is 13.0 Å². The molecule has 1 aromatic carbocycles. The molecular weight excluding hydrogens is 205 g/mol. The third-order valence-corrected chi connectivity index (χ3v) is 1.89. The smallest absolute Gasteiger partial charge is 0.156 e. The van der Waals surface area contributed by atoms with Crippen LogP contribution in [0.5, 0.6) is 5.75 Å². The third kappa shape index (κ3) is 2.30. The molecule has 0 amide bonds. The highest BCUT2D eigenvalue weighted by molar-refractivity contribution is 6.32. The number of rotatable bonds is 2. The molecule has 0 bridgehead atoms. The lowest BCUT2D eigenvalue weighted by Gasteiger charge is -2.11. The molecule has 0 saturated carbocycles. The molecule has 0 aliphatic heterocycles. The van der Waals surface area contributed by atoms with E-state index in [1.807, 2.05) is 0 Å². The van der Waals surface area contributed by atoms with Crippen LogP contribution in [0.3, 0.4) is 0 Å². The van der Waals surface area contributed by atoms with E-state index in [4.69, 9.17) is 28.5 Å². The topological polar surface area (TPSA) is 35.2 Å². The first-order chi connectivity index (χ1) is 6.54. The number of benzene rings is 1. The summed E-state index contributed by atoms with van der Waals surface area (Å²) in [6, 6.07) is 2.40. The van der Waals surface area contributed by atoms with Crippen molar-refractivity contribution in [1.29, 1.82) is 0 Å². The number of terminal acetylenes is 1.